The minimum Gasteiger partial charge on any atom is -0.394 e. The van der Waals surface area contributed by atoms with Crippen LogP contribution in [0.3, 0.4) is 0 Å². The molecule has 3 atom stereocenters. The van der Waals surface area contributed by atoms with Crippen LogP contribution in [0.4, 0.5) is 0 Å². The third-order valence-electron chi connectivity index (χ3n) is 2.27. The summed E-state index contributed by atoms with van der Waals surface area (Å²) in [6, 6.07) is 0. The van der Waals surface area contributed by atoms with Crippen molar-refractivity contribution in [3.63, 3.8) is 0 Å². The highest BCUT2D eigenvalue weighted by atomic mass is 16.6. The fraction of sp³-hybridized carbons (Fsp3) is 1.00. The molecule has 78 valence electrons. The quantitative estimate of drug-likeness (QED) is 0.621. The Morgan fingerprint density at radius 2 is 2.15 bits per heavy atom. The lowest BCUT2D eigenvalue weighted by molar-refractivity contribution is -0.210. The minimum atomic E-state index is -1.13. The first-order chi connectivity index (χ1) is 5.94. The summed E-state index contributed by atoms with van der Waals surface area (Å²) in [4.78, 5) is 0. The highest BCUT2D eigenvalue weighted by Gasteiger charge is 2.36. The Kier molecular flexibility index (Phi) is 3.29. The number of hydrogen-bond donors (Lipinski definition) is 2. The Labute approximate surface area is 78.5 Å². The summed E-state index contributed by atoms with van der Waals surface area (Å²) in [6.07, 6.45) is -0.288. The molecule has 0 bridgehead atoms. The predicted octanol–water partition coefficient (Wildman–Crippen LogP) is 0.127. The van der Waals surface area contributed by atoms with Crippen LogP contribution in [0, 0.1) is 5.92 Å². The Morgan fingerprint density at radius 3 is 2.54 bits per heavy atom. The highest BCUT2D eigenvalue weighted by molar-refractivity contribution is 4.82. The Hall–Kier alpha value is -0.160. The van der Waals surface area contributed by atoms with E-state index in [-0.39, 0.29) is 24.7 Å². The summed E-state index contributed by atoms with van der Waals surface area (Å²) >= 11 is 0. The molecule has 4 heteroatoms. The molecule has 1 rings (SSSR count). The molecule has 0 aliphatic carbocycles. The normalized spacial score (nSPS) is 35.3. The van der Waals surface area contributed by atoms with E-state index in [9.17, 15) is 5.11 Å². The van der Waals surface area contributed by atoms with Gasteiger partial charge in [-0.3, -0.25) is 0 Å². The van der Waals surface area contributed by atoms with Crippen molar-refractivity contribution >= 4 is 0 Å². The number of aliphatic hydroxyl groups is 2. The molecule has 0 amide bonds. The van der Waals surface area contributed by atoms with Crippen molar-refractivity contribution < 1.29 is 19.7 Å². The van der Waals surface area contributed by atoms with Crippen molar-refractivity contribution in [3.8, 4) is 0 Å². The van der Waals surface area contributed by atoms with Crippen molar-refractivity contribution in [2.24, 2.45) is 5.92 Å². The van der Waals surface area contributed by atoms with E-state index < -0.39 is 5.79 Å². The maximum Gasteiger partial charge on any atom is 0.160 e. The van der Waals surface area contributed by atoms with Gasteiger partial charge in [-0.15, -0.1) is 0 Å². The molecule has 0 saturated carbocycles. The van der Waals surface area contributed by atoms with Crippen LogP contribution in [0.5, 0.6) is 0 Å². The molecule has 0 aromatic carbocycles. The number of hydrogen-bond acceptors (Lipinski definition) is 4. The van der Waals surface area contributed by atoms with Crippen LogP contribution >= 0.6 is 0 Å². The fourth-order valence-corrected chi connectivity index (χ4v) is 1.49. The van der Waals surface area contributed by atoms with E-state index in [0.717, 1.165) is 0 Å². The van der Waals surface area contributed by atoms with Gasteiger partial charge in [0.05, 0.1) is 25.4 Å². The number of ether oxygens (including phenoxy) is 2. The second kappa shape index (κ2) is 3.92. The first-order valence-electron chi connectivity index (χ1n) is 4.56. The van der Waals surface area contributed by atoms with Crippen molar-refractivity contribution in [1.29, 1.82) is 0 Å². The maximum atomic E-state index is 9.41. The highest BCUT2D eigenvalue weighted by Crippen LogP contribution is 2.26. The van der Waals surface area contributed by atoms with Gasteiger partial charge in [0, 0.05) is 5.92 Å². The lowest BCUT2D eigenvalue weighted by Crippen LogP contribution is -2.35. The zero-order valence-electron chi connectivity index (χ0n) is 8.36. The summed E-state index contributed by atoms with van der Waals surface area (Å²) in [6.45, 7) is 5.57. The molecule has 0 aromatic rings. The van der Waals surface area contributed by atoms with Gasteiger partial charge in [-0.2, -0.15) is 0 Å². The minimum absolute atomic E-state index is 0.00683. The van der Waals surface area contributed by atoms with E-state index in [4.69, 9.17) is 14.6 Å². The van der Waals surface area contributed by atoms with Gasteiger partial charge in [-0.1, -0.05) is 6.92 Å². The van der Waals surface area contributed by atoms with Gasteiger partial charge in [-0.25, -0.2) is 0 Å². The first kappa shape index (κ1) is 10.9. The summed E-state index contributed by atoms with van der Waals surface area (Å²) in [5.74, 6) is -1.01. The van der Waals surface area contributed by atoms with Crippen LogP contribution in [0.25, 0.3) is 0 Å². The molecule has 1 aliphatic rings. The van der Waals surface area contributed by atoms with E-state index in [0.29, 0.717) is 6.61 Å². The first-order valence-corrected chi connectivity index (χ1v) is 4.56. The third kappa shape index (κ3) is 2.91. The summed E-state index contributed by atoms with van der Waals surface area (Å²) < 4.78 is 10.6. The Balaban J connectivity index is 2.46. The Morgan fingerprint density at radius 1 is 1.54 bits per heavy atom. The van der Waals surface area contributed by atoms with Gasteiger partial charge in [-0.05, 0) is 13.8 Å². The topological polar surface area (TPSA) is 58.9 Å². The number of aliphatic hydroxyl groups excluding tert-OH is 1. The van der Waals surface area contributed by atoms with E-state index in [2.05, 4.69) is 0 Å². The van der Waals surface area contributed by atoms with Gasteiger partial charge in [0.15, 0.2) is 5.79 Å². The SMILES string of the molecule is C[C@@H]1C(CO)OC[C@@H]1OC(C)(C)O. The van der Waals surface area contributed by atoms with Gasteiger partial charge >= 0.3 is 0 Å². The second-order valence-electron chi connectivity index (χ2n) is 4.02. The monoisotopic (exact) mass is 190 g/mol. The molecule has 0 spiro atoms. The molecule has 1 fully saturated rings. The van der Waals surface area contributed by atoms with Crippen LogP contribution in [-0.4, -0.2) is 41.4 Å². The second-order valence-corrected chi connectivity index (χ2v) is 4.02. The van der Waals surface area contributed by atoms with Crippen LogP contribution < -0.4 is 0 Å². The molecule has 13 heavy (non-hydrogen) atoms. The molecule has 2 N–H and O–H groups in total. The molecule has 1 aliphatic heterocycles. The lowest BCUT2D eigenvalue weighted by atomic mass is 10.0. The third-order valence-corrected chi connectivity index (χ3v) is 2.27. The van der Waals surface area contributed by atoms with Gasteiger partial charge in [0.1, 0.15) is 0 Å². The standard InChI is InChI=1S/C9H18O4/c1-6-7(4-10)12-5-8(6)13-9(2,3)11/h6-8,10-11H,4-5H2,1-3H3/t6-,7?,8+/m1/s1. The van der Waals surface area contributed by atoms with E-state index in [1.54, 1.807) is 13.8 Å². The molecule has 1 saturated heterocycles. The average Bonchev–Trinajstić information content (AvgIpc) is 2.30. The molecule has 0 aromatic heterocycles. The van der Waals surface area contributed by atoms with Gasteiger partial charge in [0.25, 0.3) is 0 Å². The van der Waals surface area contributed by atoms with Gasteiger partial charge < -0.3 is 19.7 Å². The molecule has 1 unspecified atom stereocenters. The molecule has 1 heterocycles. The van der Waals surface area contributed by atoms with Crippen molar-refractivity contribution in [2.45, 2.75) is 38.8 Å². The largest absolute Gasteiger partial charge is 0.394 e. The summed E-state index contributed by atoms with van der Waals surface area (Å²) in [7, 11) is 0. The van der Waals surface area contributed by atoms with E-state index in [1.807, 2.05) is 6.92 Å². The summed E-state index contributed by atoms with van der Waals surface area (Å²) in [5, 5.41) is 18.3. The van der Waals surface area contributed by atoms with Crippen LogP contribution in [0.1, 0.15) is 20.8 Å². The van der Waals surface area contributed by atoms with Crippen LogP contribution in [0.2, 0.25) is 0 Å². The van der Waals surface area contributed by atoms with E-state index >= 15 is 0 Å². The predicted molar refractivity (Wildman–Crippen MR) is 47.2 cm³/mol. The molecule has 4 nitrogen and oxygen atoms in total. The zero-order chi connectivity index (χ0) is 10.1. The number of rotatable bonds is 3. The molecule has 0 radical (unpaired) electrons. The van der Waals surface area contributed by atoms with Gasteiger partial charge in [0.2, 0.25) is 0 Å². The van der Waals surface area contributed by atoms with Crippen molar-refractivity contribution in [3.05, 3.63) is 0 Å². The lowest BCUT2D eigenvalue weighted by Gasteiger charge is -2.25. The average molecular weight is 190 g/mol. The summed E-state index contributed by atoms with van der Waals surface area (Å²) in [5.41, 5.74) is 0. The van der Waals surface area contributed by atoms with Crippen molar-refractivity contribution in [2.75, 3.05) is 13.2 Å². The molecular weight excluding hydrogens is 172 g/mol. The smallest absolute Gasteiger partial charge is 0.160 e. The van der Waals surface area contributed by atoms with Crippen molar-refractivity contribution in [1.82, 2.24) is 0 Å². The fourth-order valence-electron chi connectivity index (χ4n) is 1.49. The maximum absolute atomic E-state index is 9.41. The van der Waals surface area contributed by atoms with Crippen LogP contribution in [0.15, 0.2) is 0 Å². The molecular formula is C9H18O4. The van der Waals surface area contributed by atoms with E-state index in [1.165, 1.54) is 0 Å². The Bertz CT molecular complexity index is 163. The zero-order valence-corrected chi connectivity index (χ0v) is 8.36. The van der Waals surface area contributed by atoms with Crippen LogP contribution in [-0.2, 0) is 9.47 Å².